The number of hydrogen-bond donors (Lipinski definition) is 1. The molecule has 1 heterocycles. The summed E-state index contributed by atoms with van der Waals surface area (Å²) in [6, 6.07) is 1.62. The quantitative estimate of drug-likeness (QED) is 0.252. The van der Waals surface area contributed by atoms with Gasteiger partial charge in [-0.05, 0) is 13.0 Å². The van der Waals surface area contributed by atoms with Crippen molar-refractivity contribution in [1.82, 2.24) is 5.32 Å². The van der Waals surface area contributed by atoms with E-state index in [1.807, 2.05) is 0 Å². The molecule has 17 heavy (non-hydrogen) atoms. The summed E-state index contributed by atoms with van der Waals surface area (Å²) >= 11 is 0. The van der Waals surface area contributed by atoms with Crippen molar-refractivity contribution in [2.45, 2.75) is 6.92 Å². The summed E-state index contributed by atoms with van der Waals surface area (Å²) in [5, 5.41) is 22.1. The van der Waals surface area contributed by atoms with Crippen LogP contribution in [0.1, 0.15) is 6.92 Å². The molecule has 0 unspecified atom stereocenters. The highest BCUT2D eigenvalue weighted by Crippen LogP contribution is 2.19. The summed E-state index contributed by atoms with van der Waals surface area (Å²) < 4.78 is 4.65. The number of nitrogens with zero attached hydrogens (tertiary/aromatic N) is 2. The number of allylic oxidation sites excluding steroid dienone is 1. The van der Waals surface area contributed by atoms with E-state index in [1.54, 1.807) is 13.0 Å². The average molecular weight is 235 g/mol. The van der Waals surface area contributed by atoms with Crippen molar-refractivity contribution in [3.8, 4) is 6.07 Å². The number of carbonyl (C=O) groups is 1. The maximum atomic E-state index is 11.4. The van der Waals surface area contributed by atoms with Gasteiger partial charge in [0.25, 0.3) is 5.70 Å². The number of hydrogen-bond acceptors (Lipinski definition) is 6. The van der Waals surface area contributed by atoms with E-state index in [4.69, 9.17) is 5.26 Å². The lowest BCUT2D eigenvalue weighted by Crippen LogP contribution is -2.16. The van der Waals surface area contributed by atoms with Gasteiger partial charge in [0.1, 0.15) is 6.07 Å². The fourth-order valence-electron chi connectivity index (χ4n) is 1.20. The first-order chi connectivity index (χ1) is 8.11. The number of rotatable bonds is 3. The number of carbonyl (C=O) groups excluding carboxylic acids is 1. The van der Waals surface area contributed by atoms with Gasteiger partial charge < -0.3 is 10.1 Å². The summed E-state index contributed by atoms with van der Waals surface area (Å²) in [4.78, 5) is 21.5. The lowest BCUT2D eigenvalue weighted by molar-refractivity contribution is -0.420. The Bertz CT molecular complexity index is 482. The molecular weight excluding hydrogens is 226 g/mol. The molecule has 0 saturated heterocycles. The van der Waals surface area contributed by atoms with Gasteiger partial charge in [-0.3, -0.25) is 10.1 Å². The Hall–Kier alpha value is -2.62. The van der Waals surface area contributed by atoms with E-state index in [-0.39, 0.29) is 23.5 Å². The van der Waals surface area contributed by atoms with Crippen molar-refractivity contribution in [3.05, 3.63) is 45.4 Å². The van der Waals surface area contributed by atoms with Crippen LogP contribution in [-0.2, 0) is 9.53 Å². The lowest BCUT2D eigenvalue weighted by atomic mass is 10.1. The fraction of sp³-hybridized carbons (Fsp3) is 0.200. The lowest BCUT2D eigenvalue weighted by Gasteiger charge is -2.07. The summed E-state index contributed by atoms with van der Waals surface area (Å²) in [7, 11) is 0. The predicted molar refractivity (Wildman–Crippen MR) is 56.6 cm³/mol. The molecule has 0 atom stereocenters. The molecule has 0 radical (unpaired) electrons. The van der Waals surface area contributed by atoms with Gasteiger partial charge in [0.15, 0.2) is 5.57 Å². The van der Waals surface area contributed by atoms with Crippen LogP contribution in [0.3, 0.4) is 0 Å². The first-order valence-electron chi connectivity index (χ1n) is 4.70. The molecule has 0 aromatic heterocycles. The molecule has 7 heteroatoms. The normalized spacial score (nSPS) is 16.4. The SMILES string of the molecule is CCOC(=O)/C(C#N)=C1/C=CNC=C1[N+](=O)[O-]. The minimum absolute atomic E-state index is 0.0605. The van der Waals surface area contributed by atoms with Crippen LogP contribution in [0.5, 0.6) is 0 Å². The van der Waals surface area contributed by atoms with Crippen LogP contribution < -0.4 is 5.32 Å². The maximum Gasteiger partial charge on any atom is 0.349 e. The Kier molecular flexibility index (Phi) is 4.00. The van der Waals surface area contributed by atoms with E-state index in [0.29, 0.717) is 0 Å². The number of esters is 1. The monoisotopic (exact) mass is 235 g/mol. The molecular formula is C10H9N3O4. The molecule has 1 rings (SSSR count). The number of nitrogens with one attached hydrogen (secondary N) is 1. The van der Waals surface area contributed by atoms with Crippen LogP contribution in [-0.4, -0.2) is 17.5 Å². The molecule has 0 bridgehead atoms. The Labute approximate surface area is 96.8 Å². The molecule has 0 amide bonds. The minimum atomic E-state index is -0.871. The van der Waals surface area contributed by atoms with Crippen molar-refractivity contribution in [1.29, 1.82) is 5.26 Å². The van der Waals surface area contributed by atoms with Crippen LogP contribution >= 0.6 is 0 Å². The van der Waals surface area contributed by atoms with Gasteiger partial charge in [-0.15, -0.1) is 0 Å². The summed E-state index contributed by atoms with van der Waals surface area (Å²) in [6.07, 6.45) is 3.78. The van der Waals surface area contributed by atoms with Gasteiger partial charge in [-0.25, -0.2) is 4.79 Å². The van der Waals surface area contributed by atoms with E-state index >= 15 is 0 Å². The van der Waals surface area contributed by atoms with Crippen molar-refractivity contribution in [3.63, 3.8) is 0 Å². The molecule has 1 N–H and O–H groups in total. The number of dihydropyridines is 1. The van der Waals surface area contributed by atoms with Crippen molar-refractivity contribution in [2.24, 2.45) is 0 Å². The second-order valence-corrected chi connectivity index (χ2v) is 2.91. The van der Waals surface area contributed by atoms with Crippen molar-refractivity contribution >= 4 is 5.97 Å². The summed E-state index contributed by atoms with van der Waals surface area (Å²) in [6.45, 7) is 1.68. The molecule has 7 nitrogen and oxygen atoms in total. The average Bonchev–Trinajstić information content (AvgIpc) is 2.31. The Morgan fingerprint density at radius 3 is 2.94 bits per heavy atom. The van der Waals surface area contributed by atoms with E-state index < -0.39 is 10.9 Å². The summed E-state index contributed by atoms with van der Waals surface area (Å²) in [5.41, 5.74) is -0.792. The standard InChI is InChI=1S/C10H9N3O4/c1-2-17-10(14)8(5-11)7-3-4-12-6-9(7)13(15)16/h3-4,6,12H,2H2,1H3/b8-7-. The molecule has 0 fully saturated rings. The smallest absolute Gasteiger partial charge is 0.349 e. The van der Waals surface area contributed by atoms with Gasteiger partial charge in [0, 0.05) is 6.20 Å². The second kappa shape index (κ2) is 5.46. The van der Waals surface area contributed by atoms with E-state index in [2.05, 4.69) is 10.1 Å². The predicted octanol–water partition coefficient (Wildman–Crippen LogP) is 0.605. The maximum absolute atomic E-state index is 11.4. The Morgan fingerprint density at radius 1 is 1.71 bits per heavy atom. The van der Waals surface area contributed by atoms with E-state index in [1.165, 1.54) is 12.3 Å². The zero-order valence-corrected chi connectivity index (χ0v) is 8.97. The molecule has 88 valence electrons. The topological polar surface area (TPSA) is 105 Å². The van der Waals surface area contributed by atoms with E-state index in [0.717, 1.165) is 6.20 Å². The van der Waals surface area contributed by atoms with Crippen LogP contribution in [0.25, 0.3) is 0 Å². The second-order valence-electron chi connectivity index (χ2n) is 2.91. The van der Waals surface area contributed by atoms with Gasteiger partial charge in [0.05, 0.1) is 23.3 Å². The molecule has 0 saturated carbocycles. The Balaban J connectivity index is 3.24. The molecule has 0 aliphatic carbocycles. The van der Waals surface area contributed by atoms with Crippen LogP contribution in [0, 0.1) is 21.4 Å². The third kappa shape index (κ3) is 2.69. The molecule has 1 aliphatic heterocycles. The minimum Gasteiger partial charge on any atom is -0.462 e. The molecule has 0 spiro atoms. The van der Waals surface area contributed by atoms with Crippen LogP contribution in [0.15, 0.2) is 35.3 Å². The number of ether oxygens (including phenoxy) is 1. The van der Waals surface area contributed by atoms with Gasteiger partial charge >= 0.3 is 5.97 Å². The summed E-state index contributed by atoms with van der Waals surface area (Å²) in [5.74, 6) is -0.871. The molecule has 1 aliphatic rings. The third-order valence-electron chi connectivity index (χ3n) is 1.90. The van der Waals surface area contributed by atoms with E-state index in [9.17, 15) is 14.9 Å². The number of nitriles is 1. The zero-order chi connectivity index (χ0) is 12.8. The highest BCUT2D eigenvalue weighted by Gasteiger charge is 2.26. The highest BCUT2D eigenvalue weighted by molar-refractivity contribution is 5.95. The van der Waals surface area contributed by atoms with Crippen molar-refractivity contribution < 1.29 is 14.5 Å². The third-order valence-corrected chi connectivity index (χ3v) is 1.90. The molecule has 0 aromatic rings. The Morgan fingerprint density at radius 2 is 2.41 bits per heavy atom. The van der Waals surface area contributed by atoms with Gasteiger partial charge in [-0.2, -0.15) is 5.26 Å². The fourth-order valence-corrected chi connectivity index (χ4v) is 1.20. The molecule has 0 aromatic carbocycles. The first kappa shape index (κ1) is 12.4. The number of nitro groups is 1. The van der Waals surface area contributed by atoms with Gasteiger partial charge in [-0.1, -0.05) is 0 Å². The van der Waals surface area contributed by atoms with Crippen LogP contribution in [0.4, 0.5) is 0 Å². The first-order valence-corrected chi connectivity index (χ1v) is 4.70. The van der Waals surface area contributed by atoms with Crippen molar-refractivity contribution in [2.75, 3.05) is 6.61 Å². The van der Waals surface area contributed by atoms with Crippen LogP contribution in [0.2, 0.25) is 0 Å². The van der Waals surface area contributed by atoms with Gasteiger partial charge in [0.2, 0.25) is 0 Å². The largest absolute Gasteiger partial charge is 0.462 e. The highest BCUT2D eigenvalue weighted by atomic mass is 16.6. The zero-order valence-electron chi connectivity index (χ0n) is 8.97.